The van der Waals surface area contributed by atoms with Gasteiger partial charge in [0.15, 0.2) is 0 Å². The molecular formula is C19H19Cl2F3N2O6S. The molecule has 3 N–H and O–H groups in total. The number of anilines is 2. The molecule has 0 fully saturated rings. The van der Waals surface area contributed by atoms with Crippen LogP contribution in [-0.4, -0.2) is 49.8 Å². The molecular weight excluding hydrogens is 512 g/mol. The number of nitrogens with zero attached hydrogens (tertiary/aromatic N) is 1. The Morgan fingerprint density at radius 1 is 1.00 bits per heavy atom. The van der Waals surface area contributed by atoms with E-state index in [0.29, 0.717) is 18.8 Å². The van der Waals surface area contributed by atoms with Gasteiger partial charge in [0.25, 0.3) is 10.0 Å². The van der Waals surface area contributed by atoms with Crippen molar-refractivity contribution in [2.75, 3.05) is 22.7 Å². The smallest absolute Gasteiger partial charge is 0.478 e. The van der Waals surface area contributed by atoms with Crippen LogP contribution in [0.2, 0.25) is 10.0 Å². The molecule has 0 heterocycles. The van der Waals surface area contributed by atoms with Gasteiger partial charge in [-0.1, -0.05) is 23.2 Å². The van der Waals surface area contributed by atoms with Crippen molar-refractivity contribution in [1.29, 1.82) is 0 Å². The number of nitrogens with one attached hydrogen (secondary N) is 1. The van der Waals surface area contributed by atoms with Gasteiger partial charge in [-0.05, 0) is 50.2 Å². The first kappa shape index (κ1) is 28.3. The lowest BCUT2D eigenvalue weighted by Gasteiger charge is -2.23. The van der Waals surface area contributed by atoms with Crippen LogP contribution in [0.15, 0.2) is 41.3 Å². The van der Waals surface area contributed by atoms with Crippen molar-refractivity contribution >= 4 is 56.5 Å². The van der Waals surface area contributed by atoms with Crippen LogP contribution in [-0.2, 0) is 14.8 Å². The van der Waals surface area contributed by atoms with Gasteiger partial charge in [-0.2, -0.15) is 13.2 Å². The van der Waals surface area contributed by atoms with Gasteiger partial charge in [-0.25, -0.2) is 18.0 Å². The number of sulfonamides is 1. The first-order valence-corrected chi connectivity index (χ1v) is 11.3. The molecule has 33 heavy (non-hydrogen) atoms. The van der Waals surface area contributed by atoms with Crippen LogP contribution < -0.4 is 9.62 Å². The maximum absolute atomic E-state index is 12.5. The zero-order chi connectivity index (χ0) is 25.6. The number of carboxylic acid groups (broad SMARTS) is 2. The Morgan fingerprint density at radius 3 is 1.97 bits per heavy atom. The molecule has 0 aliphatic carbocycles. The molecule has 0 radical (unpaired) electrons. The Balaban J connectivity index is 0.000000675. The summed E-state index contributed by atoms with van der Waals surface area (Å²) < 4.78 is 59.1. The van der Waals surface area contributed by atoms with Gasteiger partial charge in [0.2, 0.25) is 0 Å². The van der Waals surface area contributed by atoms with E-state index in [1.807, 2.05) is 18.7 Å². The summed E-state index contributed by atoms with van der Waals surface area (Å²) in [4.78, 5) is 22.3. The van der Waals surface area contributed by atoms with Crippen LogP contribution >= 0.6 is 23.2 Å². The minimum Gasteiger partial charge on any atom is -0.478 e. The summed E-state index contributed by atoms with van der Waals surface area (Å²) in [6, 6.07) is 8.33. The van der Waals surface area contributed by atoms with E-state index >= 15 is 0 Å². The van der Waals surface area contributed by atoms with Crippen molar-refractivity contribution in [1.82, 2.24) is 0 Å². The van der Waals surface area contributed by atoms with Crippen LogP contribution in [0.1, 0.15) is 24.2 Å². The van der Waals surface area contributed by atoms with Gasteiger partial charge < -0.3 is 15.1 Å². The molecule has 0 aromatic heterocycles. The third-order valence-electron chi connectivity index (χ3n) is 4.03. The fourth-order valence-corrected chi connectivity index (χ4v) is 3.91. The molecule has 14 heteroatoms. The SMILES string of the molecule is CCN(CC)c1ccc(NS(=O)(=O)c2ccc(Cl)c(Cl)c2)cc1C(=O)O.O=C(O)C(F)(F)F. The van der Waals surface area contributed by atoms with Crippen LogP contribution in [0, 0.1) is 0 Å². The number of benzene rings is 2. The Hall–Kier alpha value is -2.70. The van der Waals surface area contributed by atoms with Crippen molar-refractivity contribution in [2.24, 2.45) is 0 Å². The van der Waals surface area contributed by atoms with Crippen molar-refractivity contribution < 1.29 is 41.4 Å². The second-order valence-electron chi connectivity index (χ2n) is 6.19. The van der Waals surface area contributed by atoms with Crippen LogP contribution in [0.25, 0.3) is 0 Å². The van der Waals surface area contributed by atoms with E-state index < -0.39 is 28.1 Å². The maximum Gasteiger partial charge on any atom is 0.490 e. The summed E-state index contributed by atoms with van der Waals surface area (Å²) in [5, 5.41) is 16.9. The Bertz CT molecular complexity index is 1120. The van der Waals surface area contributed by atoms with Gasteiger partial charge in [0.1, 0.15) is 0 Å². The summed E-state index contributed by atoms with van der Waals surface area (Å²) >= 11 is 11.7. The number of carbonyl (C=O) groups is 2. The highest BCUT2D eigenvalue weighted by Crippen LogP contribution is 2.28. The second-order valence-corrected chi connectivity index (χ2v) is 8.69. The van der Waals surface area contributed by atoms with Crippen molar-refractivity contribution in [3.05, 3.63) is 52.0 Å². The average molecular weight is 531 g/mol. The van der Waals surface area contributed by atoms with Crippen LogP contribution in [0.3, 0.4) is 0 Å². The minimum atomic E-state index is -5.08. The number of carboxylic acids is 2. The predicted octanol–water partition coefficient (Wildman–Crippen LogP) is 4.97. The molecule has 2 aromatic carbocycles. The number of aliphatic carboxylic acids is 1. The highest BCUT2D eigenvalue weighted by molar-refractivity contribution is 7.92. The number of hydrogen-bond acceptors (Lipinski definition) is 5. The molecule has 0 atom stereocenters. The zero-order valence-electron chi connectivity index (χ0n) is 17.2. The van der Waals surface area contributed by atoms with Crippen molar-refractivity contribution in [3.63, 3.8) is 0 Å². The molecule has 2 aromatic rings. The van der Waals surface area contributed by atoms with Gasteiger partial charge >= 0.3 is 18.1 Å². The predicted molar refractivity (Wildman–Crippen MR) is 118 cm³/mol. The molecule has 0 aliphatic rings. The van der Waals surface area contributed by atoms with E-state index in [0.717, 1.165) is 0 Å². The number of alkyl halides is 3. The van der Waals surface area contributed by atoms with Crippen LogP contribution in [0.5, 0.6) is 0 Å². The van der Waals surface area contributed by atoms with Crippen LogP contribution in [0.4, 0.5) is 24.5 Å². The normalized spacial score (nSPS) is 11.2. The number of rotatable bonds is 7. The topological polar surface area (TPSA) is 124 Å². The second kappa shape index (κ2) is 11.4. The lowest BCUT2D eigenvalue weighted by Crippen LogP contribution is -2.24. The summed E-state index contributed by atoms with van der Waals surface area (Å²) in [5.41, 5.74) is 0.687. The summed E-state index contributed by atoms with van der Waals surface area (Å²) in [7, 11) is -3.94. The Kier molecular flexibility index (Phi) is 9.82. The number of aromatic carboxylic acids is 1. The van der Waals surface area contributed by atoms with E-state index in [1.54, 1.807) is 6.07 Å². The van der Waals surface area contributed by atoms with Gasteiger partial charge in [-0.15, -0.1) is 0 Å². The Labute approximate surface area is 197 Å². The molecule has 0 aliphatic heterocycles. The average Bonchev–Trinajstić information content (AvgIpc) is 2.71. The van der Waals surface area contributed by atoms with E-state index in [9.17, 15) is 31.5 Å². The van der Waals surface area contributed by atoms with Gasteiger partial charge in [0, 0.05) is 18.8 Å². The van der Waals surface area contributed by atoms with Gasteiger partial charge in [0.05, 0.1) is 26.2 Å². The standard InChI is InChI=1S/C17H18Cl2N2O4S.C2HF3O2/c1-3-21(4-2)16-8-5-11(9-13(16)17(22)23)20-26(24,25)12-6-7-14(18)15(19)10-12;3-2(4,5)1(6)7/h5-10,20H,3-4H2,1-2H3,(H,22,23);(H,6,7). The monoisotopic (exact) mass is 530 g/mol. The first-order valence-electron chi connectivity index (χ1n) is 9.04. The first-order chi connectivity index (χ1) is 15.1. The summed E-state index contributed by atoms with van der Waals surface area (Å²) in [6.45, 7) is 5.09. The van der Waals surface area contributed by atoms with E-state index in [1.165, 1.54) is 30.3 Å². The lowest BCUT2D eigenvalue weighted by molar-refractivity contribution is -0.192. The molecule has 0 saturated heterocycles. The molecule has 0 unspecified atom stereocenters. The quantitative estimate of drug-likeness (QED) is 0.461. The third kappa shape index (κ3) is 7.98. The minimum absolute atomic E-state index is 0.0167. The van der Waals surface area contributed by atoms with E-state index in [-0.39, 0.29) is 26.2 Å². The number of halogens is 5. The fraction of sp³-hybridized carbons (Fsp3) is 0.263. The third-order valence-corrected chi connectivity index (χ3v) is 6.15. The maximum atomic E-state index is 12.5. The molecule has 0 bridgehead atoms. The largest absolute Gasteiger partial charge is 0.490 e. The van der Waals surface area contributed by atoms with E-state index in [4.69, 9.17) is 33.1 Å². The molecule has 182 valence electrons. The molecule has 2 rings (SSSR count). The molecule has 0 spiro atoms. The number of hydrogen-bond donors (Lipinski definition) is 3. The van der Waals surface area contributed by atoms with Crippen molar-refractivity contribution in [3.8, 4) is 0 Å². The molecule has 0 amide bonds. The summed E-state index contributed by atoms with van der Waals surface area (Å²) in [6.07, 6.45) is -5.08. The van der Waals surface area contributed by atoms with Crippen molar-refractivity contribution in [2.45, 2.75) is 24.9 Å². The highest BCUT2D eigenvalue weighted by atomic mass is 35.5. The Morgan fingerprint density at radius 2 is 1.55 bits per heavy atom. The van der Waals surface area contributed by atoms with Gasteiger partial charge in [-0.3, -0.25) is 4.72 Å². The zero-order valence-corrected chi connectivity index (χ0v) is 19.5. The lowest BCUT2D eigenvalue weighted by atomic mass is 10.1. The highest BCUT2D eigenvalue weighted by Gasteiger charge is 2.38. The molecule has 0 saturated carbocycles. The van der Waals surface area contributed by atoms with E-state index in [2.05, 4.69) is 4.72 Å². The fourth-order valence-electron chi connectivity index (χ4n) is 2.47. The summed E-state index contributed by atoms with van der Waals surface area (Å²) in [5.74, 6) is -3.89. The molecule has 8 nitrogen and oxygen atoms in total.